The van der Waals surface area contributed by atoms with Crippen LogP contribution in [0.2, 0.25) is 0 Å². The molecule has 0 aromatic heterocycles. The average Bonchev–Trinajstić information content (AvgIpc) is 2.33. The predicted octanol–water partition coefficient (Wildman–Crippen LogP) is 3.58. The standard InChI is InChI=1S/C16H26F2N2/c1-11(2)9-20(10-12(3)4)15(8-19)13-6-5-7-14(17)16(13)18/h5-7,11-12,15H,8-10,19H2,1-4H3. The van der Waals surface area contributed by atoms with Crippen LogP contribution in [0.1, 0.15) is 39.3 Å². The van der Waals surface area contributed by atoms with Gasteiger partial charge in [-0.2, -0.15) is 0 Å². The lowest BCUT2D eigenvalue weighted by Crippen LogP contribution is -2.39. The molecule has 114 valence electrons. The fraction of sp³-hybridized carbons (Fsp3) is 0.625. The van der Waals surface area contributed by atoms with Gasteiger partial charge in [-0.1, -0.05) is 39.8 Å². The molecule has 1 unspecified atom stereocenters. The smallest absolute Gasteiger partial charge is 0.163 e. The van der Waals surface area contributed by atoms with Crippen molar-refractivity contribution in [1.29, 1.82) is 0 Å². The summed E-state index contributed by atoms with van der Waals surface area (Å²) in [6.45, 7) is 10.4. The van der Waals surface area contributed by atoms with Gasteiger partial charge in [-0.05, 0) is 17.9 Å². The number of nitrogens with zero attached hydrogens (tertiary/aromatic N) is 1. The summed E-state index contributed by atoms with van der Waals surface area (Å²) >= 11 is 0. The molecule has 0 saturated carbocycles. The Morgan fingerprint density at radius 1 is 1.05 bits per heavy atom. The molecular formula is C16H26F2N2. The van der Waals surface area contributed by atoms with Gasteiger partial charge < -0.3 is 5.73 Å². The minimum Gasteiger partial charge on any atom is -0.329 e. The molecule has 0 amide bonds. The van der Waals surface area contributed by atoms with E-state index in [1.165, 1.54) is 0 Å². The highest BCUT2D eigenvalue weighted by Gasteiger charge is 2.24. The maximum atomic E-state index is 14.0. The van der Waals surface area contributed by atoms with E-state index in [2.05, 4.69) is 32.6 Å². The van der Waals surface area contributed by atoms with E-state index in [0.717, 1.165) is 19.2 Å². The monoisotopic (exact) mass is 284 g/mol. The van der Waals surface area contributed by atoms with Gasteiger partial charge in [0.1, 0.15) is 0 Å². The van der Waals surface area contributed by atoms with E-state index < -0.39 is 11.6 Å². The van der Waals surface area contributed by atoms with E-state index >= 15 is 0 Å². The number of nitrogens with two attached hydrogens (primary N) is 1. The average molecular weight is 284 g/mol. The molecule has 0 aliphatic rings. The molecule has 0 fully saturated rings. The van der Waals surface area contributed by atoms with Crippen molar-refractivity contribution < 1.29 is 8.78 Å². The zero-order valence-electron chi connectivity index (χ0n) is 12.9. The first-order valence-corrected chi connectivity index (χ1v) is 7.24. The van der Waals surface area contributed by atoms with Crippen LogP contribution in [0.15, 0.2) is 18.2 Å². The molecule has 0 spiro atoms. The Hall–Kier alpha value is -1.00. The normalized spacial score (nSPS) is 13.5. The second-order valence-electron chi connectivity index (χ2n) is 6.14. The van der Waals surface area contributed by atoms with Crippen molar-refractivity contribution in [3.63, 3.8) is 0 Å². The zero-order chi connectivity index (χ0) is 15.3. The Balaban J connectivity index is 3.08. The largest absolute Gasteiger partial charge is 0.329 e. The summed E-state index contributed by atoms with van der Waals surface area (Å²) in [5.41, 5.74) is 6.20. The molecule has 0 bridgehead atoms. The Morgan fingerprint density at radius 3 is 2.05 bits per heavy atom. The molecule has 1 aromatic rings. The van der Waals surface area contributed by atoms with Gasteiger partial charge in [-0.15, -0.1) is 0 Å². The first-order chi connectivity index (χ1) is 9.36. The highest BCUT2D eigenvalue weighted by molar-refractivity contribution is 5.23. The van der Waals surface area contributed by atoms with Gasteiger partial charge in [-0.3, -0.25) is 4.90 Å². The van der Waals surface area contributed by atoms with Gasteiger partial charge in [0, 0.05) is 25.2 Å². The molecule has 0 radical (unpaired) electrons. The van der Waals surface area contributed by atoms with Crippen molar-refractivity contribution >= 4 is 0 Å². The first kappa shape index (κ1) is 17.1. The van der Waals surface area contributed by atoms with Crippen LogP contribution >= 0.6 is 0 Å². The Bertz CT molecular complexity index is 409. The van der Waals surface area contributed by atoms with E-state index in [1.54, 1.807) is 12.1 Å². The van der Waals surface area contributed by atoms with Crippen LogP contribution in [-0.2, 0) is 0 Å². The van der Waals surface area contributed by atoms with Gasteiger partial charge in [0.25, 0.3) is 0 Å². The second-order valence-corrected chi connectivity index (χ2v) is 6.14. The minimum absolute atomic E-state index is 0.278. The van der Waals surface area contributed by atoms with Crippen LogP contribution in [-0.4, -0.2) is 24.5 Å². The fourth-order valence-electron chi connectivity index (χ4n) is 2.52. The molecule has 2 nitrogen and oxygen atoms in total. The second kappa shape index (κ2) is 7.70. The van der Waals surface area contributed by atoms with E-state index in [1.807, 2.05) is 0 Å². The lowest BCUT2D eigenvalue weighted by Gasteiger charge is -2.34. The lowest BCUT2D eigenvalue weighted by molar-refractivity contribution is 0.156. The maximum absolute atomic E-state index is 14.0. The quantitative estimate of drug-likeness (QED) is 0.829. The molecular weight excluding hydrogens is 258 g/mol. The summed E-state index contributed by atoms with van der Waals surface area (Å²) in [4.78, 5) is 2.16. The van der Waals surface area contributed by atoms with Crippen molar-refractivity contribution in [3.8, 4) is 0 Å². The van der Waals surface area contributed by atoms with E-state index in [9.17, 15) is 8.78 Å². The van der Waals surface area contributed by atoms with Crippen molar-refractivity contribution in [2.75, 3.05) is 19.6 Å². The summed E-state index contributed by atoms with van der Waals surface area (Å²) in [5, 5.41) is 0. The SMILES string of the molecule is CC(C)CN(CC(C)C)C(CN)c1cccc(F)c1F. The van der Waals surface area contributed by atoms with E-state index in [-0.39, 0.29) is 12.6 Å². The maximum Gasteiger partial charge on any atom is 0.163 e. The van der Waals surface area contributed by atoms with Gasteiger partial charge >= 0.3 is 0 Å². The number of halogens is 2. The Morgan fingerprint density at radius 2 is 1.60 bits per heavy atom. The van der Waals surface area contributed by atoms with Crippen molar-refractivity contribution in [3.05, 3.63) is 35.4 Å². The third kappa shape index (κ3) is 4.53. The van der Waals surface area contributed by atoms with Crippen LogP contribution < -0.4 is 5.73 Å². The highest BCUT2D eigenvalue weighted by Crippen LogP contribution is 2.25. The Kier molecular flexibility index (Phi) is 6.56. The molecule has 2 N–H and O–H groups in total. The van der Waals surface area contributed by atoms with E-state index in [0.29, 0.717) is 17.4 Å². The number of hydrogen-bond donors (Lipinski definition) is 1. The molecule has 20 heavy (non-hydrogen) atoms. The number of rotatable bonds is 7. The molecule has 0 aliphatic heterocycles. The first-order valence-electron chi connectivity index (χ1n) is 7.24. The summed E-state index contributed by atoms with van der Waals surface area (Å²) in [6, 6.07) is 4.03. The van der Waals surface area contributed by atoms with Crippen molar-refractivity contribution in [2.24, 2.45) is 17.6 Å². The molecule has 0 aliphatic carbocycles. The van der Waals surface area contributed by atoms with Gasteiger partial charge in [0.15, 0.2) is 11.6 Å². The Labute approximate surface area is 121 Å². The number of hydrogen-bond acceptors (Lipinski definition) is 2. The minimum atomic E-state index is -0.810. The van der Waals surface area contributed by atoms with Gasteiger partial charge in [0.2, 0.25) is 0 Å². The molecule has 4 heteroatoms. The lowest BCUT2D eigenvalue weighted by atomic mass is 10.0. The third-order valence-electron chi connectivity index (χ3n) is 3.20. The summed E-state index contributed by atoms with van der Waals surface area (Å²) in [5.74, 6) is -0.700. The number of benzene rings is 1. The molecule has 1 rings (SSSR count). The van der Waals surface area contributed by atoms with Crippen LogP contribution in [0.4, 0.5) is 8.78 Å². The van der Waals surface area contributed by atoms with Gasteiger partial charge in [-0.25, -0.2) is 8.78 Å². The molecule has 0 heterocycles. The third-order valence-corrected chi connectivity index (χ3v) is 3.20. The van der Waals surface area contributed by atoms with Crippen LogP contribution in [0.25, 0.3) is 0 Å². The summed E-state index contributed by atoms with van der Waals surface area (Å²) in [7, 11) is 0. The molecule has 1 atom stereocenters. The topological polar surface area (TPSA) is 29.3 Å². The predicted molar refractivity (Wildman–Crippen MR) is 79.4 cm³/mol. The van der Waals surface area contributed by atoms with Crippen molar-refractivity contribution in [2.45, 2.75) is 33.7 Å². The van der Waals surface area contributed by atoms with Crippen LogP contribution in [0.3, 0.4) is 0 Å². The molecule has 1 aromatic carbocycles. The zero-order valence-corrected chi connectivity index (χ0v) is 12.9. The van der Waals surface area contributed by atoms with E-state index in [4.69, 9.17) is 5.73 Å². The summed E-state index contributed by atoms with van der Waals surface area (Å²) < 4.78 is 27.4. The van der Waals surface area contributed by atoms with Gasteiger partial charge in [0.05, 0.1) is 6.04 Å². The van der Waals surface area contributed by atoms with Crippen molar-refractivity contribution in [1.82, 2.24) is 4.90 Å². The highest BCUT2D eigenvalue weighted by atomic mass is 19.2. The fourth-order valence-corrected chi connectivity index (χ4v) is 2.52. The van der Waals surface area contributed by atoms with Crippen LogP contribution in [0.5, 0.6) is 0 Å². The molecule has 0 saturated heterocycles. The summed E-state index contributed by atoms with van der Waals surface area (Å²) in [6.07, 6.45) is 0. The van der Waals surface area contributed by atoms with Crippen LogP contribution in [0, 0.1) is 23.5 Å².